The van der Waals surface area contributed by atoms with Crippen LogP contribution in [0.5, 0.6) is 0 Å². The molecule has 0 unspecified atom stereocenters. The van der Waals surface area contributed by atoms with Gasteiger partial charge in [-0.25, -0.2) is 9.97 Å². The van der Waals surface area contributed by atoms with Crippen LogP contribution in [0.2, 0.25) is 0 Å². The molecule has 0 bridgehead atoms. The van der Waals surface area contributed by atoms with Crippen LogP contribution in [0, 0.1) is 0 Å². The molecule has 1 saturated carbocycles. The number of nitrogens with zero attached hydrogens (tertiary/aromatic N) is 4. The molecule has 5 aromatic carbocycles. The van der Waals surface area contributed by atoms with Crippen molar-refractivity contribution in [3.8, 4) is 11.3 Å². The molecule has 2 N–H and O–H groups in total. The van der Waals surface area contributed by atoms with Gasteiger partial charge in [0.05, 0.1) is 28.3 Å². The summed E-state index contributed by atoms with van der Waals surface area (Å²) >= 11 is 0. The molecule has 1 fully saturated rings. The SMILES string of the molecule is C[C@@H](NC(=O)c1nc2cc3c(-c4ccncc4)[nH]n(C(c4ccccc4)(c4ccccc4)c4ccccc4)c3cc2n1)c1cccc(C2CC2)c1. The molecular formula is C44H36N6O. The van der Waals surface area contributed by atoms with E-state index >= 15 is 0 Å². The molecule has 8 aromatic rings. The fraction of sp³-hybridized carbons (Fsp3) is 0.136. The second-order valence-electron chi connectivity index (χ2n) is 13.4. The van der Waals surface area contributed by atoms with Crippen molar-refractivity contribution in [2.45, 2.75) is 37.3 Å². The van der Waals surface area contributed by atoms with Crippen LogP contribution in [-0.2, 0) is 5.54 Å². The lowest BCUT2D eigenvalue weighted by Gasteiger charge is -2.37. The number of nitrogens with one attached hydrogen (secondary N) is 2. The number of imidazole rings is 1. The van der Waals surface area contributed by atoms with Gasteiger partial charge in [-0.3, -0.25) is 19.6 Å². The molecule has 3 heterocycles. The predicted molar refractivity (Wildman–Crippen MR) is 202 cm³/mol. The first-order valence-electron chi connectivity index (χ1n) is 17.5. The Kier molecular flexibility index (Phi) is 7.54. The lowest BCUT2D eigenvalue weighted by molar-refractivity contribution is 0.0930. The highest BCUT2D eigenvalue weighted by Crippen LogP contribution is 2.44. The Labute approximate surface area is 296 Å². The topological polar surface area (TPSA) is 88.5 Å². The molecule has 1 aliphatic carbocycles. The highest BCUT2D eigenvalue weighted by molar-refractivity contribution is 6.03. The minimum Gasteiger partial charge on any atom is -0.343 e. The Balaban J connectivity index is 1.24. The van der Waals surface area contributed by atoms with Crippen molar-refractivity contribution in [2.24, 2.45) is 0 Å². The zero-order valence-electron chi connectivity index (χ0n) is 28.2. The van der Waals surface area contributed by atoms with Crippen LogP contribution in [-0.4, -0.2) is 30.6 Å². The summed E-state index contributed by atoms with van der Waals surface area (Å²) in [6.07, 6.45) is 6.07. The second-order valence-corrected chi connectivity index (χ2v) is 13.4. The molecule has 0 spiro atoms. The van der Waals surface area contributed by atoms with Crippen LogP contribution in [0.1, 0.15) is 70.2 Å². The van der Waals surface area contributed by atoms with Gasteiger partial charge in [0, 0.05) is 23.3 Å². The monoisotopic (exact) mass is 664 g/mol. The van der Waals surface area contributed by atoms with E-state index in [0.29, 0.717) is 17.0 Å². The first-order chi connectivity index (χ1) is 25.1. The van der Waals surface area contributed by atoms with Crippen molar-refractivity contribution in [3.05, 3.63) is 186 Å². The summed E-state index contributed by atoms with van der Waals surface area (Å²) in [6, 6.07) is 48.2. The van der Waals surface area contributed by atoms with E-state index in [0.717, 1.165) is 44.4 Å². The Bertz CT molecular complexity index is 2390. The fourth-order valence-electron chi connectivity index (χ4n) is 7.49. The fourth-order valence-corrected chi connectivity index (χ4v) is 7.49. The summed E-state index contributed by atoms with van der Waals surface area (Å²) in [4.78, 5) is 27.6. The van der Waals surface area contributed by atoms with Crippen molar-refractivity contribution in [1.29, 1.82) is 0 Å². The molecule has 1 atom stereocenters. The maximum absolute atomic E-state index is 13.7. The van der Waals surface area contributed by atoms with Gasteiger partial charge in [0.15, 0.2) is 0 Å². The molecule has 3 aromatic heterocycles. The van der Waals surface area contributed by atoms with Crippen molar-refractivity contribution in [1.82, 2.24) is 30.0 Å². The maximum Gasteiger partial charge on any atom is 0.289 e. The average Bonchev–Trinajstić information content (AvgIpc) is 3.87. The zero-order chi connectivity index (χ0) is 34.4. The number of pyridine rings is 1. The minimum absolute atomic E-state index is 0.157. The first-order valence-corrected chi connectivity index (χ1v) is 17.5. The van der Waals surface area contributed by atoms with E-state index in [1.807, 2.05) is 43.3 Å². The number of carbonyl (C=O) groups is 1. The van der Waals surface area contributed by atoms with Crippen molar-refractivity contribution in [2.75, 3.05) is 0 Å². The van der Waals surface area contributed by atoms with Gasteiger partial charge >= 0.3 is 0 Å². The van der Waals surface area contributed by atoms with Crippen LogP contribution in [0.15, 0.2) is 152 Å². The molecule has 7 nitrogen and oxygen atoms in total. The van der Waals surface area contributed by atoms with Crippen molar-refractivity contribution in [3.63, 3.8) is 0 Å². The highest BCUT2D eigenvalue weighted by atomic mass is 16.2. The summed E-state index contributed by atoms with van der Waals surface area (Å²) < 4.78 is 2.25. The Morgan fingerprint density at radius 1 is 0.745 bits per heavy atom. The number of fused-ring (bicyclic) bond motifs is 2. The zero-order valence-corrected chi connectivity index (χ0v) is 28.2. The molecule has 0 aliphatic heterocycles. The Morgan fingerprint density at radius 2 is 1.33 bits per heavy atom. The van der Waals surface area contributed by atoms with Crippen LogP contribution in [0.25, 0.3) is 33.2 Å². The third-order valence-corrected chi connectivity index (χ3v) is 10.2. The largest absolute Gasteiger partial charge is 0.343 e. The van der Waals surface area contributed by atoms with E-state index in [1.54, 1.807) is 12.4 Å². The average molecular weight is 665 g/mol. The number of benzene rings is 5. The number of hydrogen-bond donors (Lipinski definition) is 2. The molecule has 1 amide bonds. The van der Waals surface area contributed by atoms with Gasteiger partial charge in [0.1, 0.15) is 5.54 Å². The summed E-state index contributed by atoms with van der Waals surface area (Å²) in [5, 5.41) is 7.97. The number of aromatic amines is 1. The van der Waals surface area contributed by atoms with E-state index < -0.39 is 5.54 Å². The third-order valence-electron chi connectivity index (χ3n) is 10.2. The number of rotatable bonds is 9. The molecule has 51 heavy (non-hydrogen) atoms. The van der Waals surface area contributed by atoms with Crippen LogP contribution >= 0.6 is 0 Å². The van der Waals surface area contributed by atoms with Crippen molar-refractivity contribution < 1.29 is 4.79 Å². The van der Waals surface area contributed by atoms with Crippen LogP contribution < -0.4 is 5.32 Å². The molecule has 9 rings (SSSR count). The quantitative estimate of drug-likeness (QED) is 0.151. The van der Waals surface area contributed by atoms with E-state index in [9.17, 15) is 4.79 Å². The third kappa shape index (κ3) is 5.38. The predicted octanol–water partition coefficient (Wildman–Crippen LogP) is 9.18. The summed E-state index contributed by atoms with van der Waals surface area (Å²) in [7, 11) is 0. The molecule has 0 radical (unpaired) electrons. The molecular weight excluding hydrogens is 629 g/mol. The first kappa shape index (κ1) is 30.7. The summed E-state index contributed by atoms with van der Waals surface area (Å²) in [6.45, 7) is 2.01. The lowest BCUT2D eigenvalue weighted by Crippen LogP contribution is -2.38. The van der Waals surface area contributed by atoms with Crippen LogP contribution in [0.3, 0.4) is 0 Å². The van der Waals surface area contributed by atoms with E-state index in [1.165, 1.54) is 18.4 Å². The smallest absolute Gasteiger partial charge is 0.289 e. The molecule has 7 heteroatoms. The maximum atomic E-state index is 13.7. The van der Waals surface area contributed by atoms with Crippen molar-refractivity contribution >= 4 is 27.8 Å². The number of amides is 1. The van der Waals surface area contributed by atoms with Gasteiger partial charge in [0.25, 0.3) is 5.91 Å². The van der Waals surface area contributed by atoms with Gasteiger partial charge in [0.2, 0.25) is 5.82 Å². The van der Waals surface area contributed by atoms with Gasteiger partial charge < -0.3 is 5.32 Å². The Hall–Kier alpha value is -6.34. The Morgan fingerprint density at radius 3 is 1.92 bits per heavy atom. The highest BCUT2D eigenvalue weighted by Gasteiger charge is 2.40. The van der Waals surface area contributed by atoms with Gasteiger partial charge in [-0.05, 0) is 77.8 Å². The molecule has 1 aliphatic rings. The van der Waals surface area contributed by atoms with E-state index in [2.05, 4.69) is 123 Å². The van der Waals surface area contributed by atoms with Crippen LogP contribution in [0.4, 0.5) is 0 Å². The minimum atomic E-state index is -0.800. The summed E-state index contributed by atoms with van der Waals surface area (Å²) in [5.41, 5.74) is 9.01. The summed E-state index contributed by atoms with van der Waals surface area (Å²) in [5.74, 6) is 0.506. The second kappa shape index (κ2) is 12.5. The number of aromatic nitrogens is 5. The number of hydrogen-bond acceptors (Lipinski definition) is 4. The standard InChI is InChI=1S/C44H36N6O/c1-29(32-12-11-13-33(26-32)30-20-21-30)46-43(51)42-47-38-27-37-40(28-39(38)48-42)50(49-41(37)31-22-24-45-25-23-31)44(34-14-5-2-6-15-34,35-16-7-3-8-17-35)36-18-9-4-10-19-36/h2-19,22-30,49H,20-21H2,1H3,(H,46,51)/t29-/m1/s1. The molecule has 0 saturated heterocycles. The van der Waals surface area contributed by atoms with E-state index in [4.69, 9.17) is 9.97 Å². The van der Waals surface area contributed by atoms with E-state index in [-0.39, 0.29) is 17.8 Å². The number of H-pyrrole nitrogens is 1. The van der Waals surface area contributed by atoms with Gasteiger partial charge in [-0.15, -0.1) is 0 Å². The number of carbonyl (C=O) groups excluding carboxylic acids is 1. The normalized spacial score (nSPS) is 13.7. The van der Waals surface area contributed by atoms with Gasteiger partial charge in [-0.1, -0.05) is 115 Å². The molecule has 248 valence electrons. The lowest BCUT2D eigenvalue weighted by atomic mass is 9.77. The van der Waals surface area contributed by atoms with Gasteiger partial charge in [-0.2, -0.15) is 0 Å².